The number of aromatic nitrogens is 1. The Morgan fingerprint density at radius 2 is 1.73 bits per heavy atom. The predicted octanol–water partition coefficient (Wildman–Crippen LogP) is 3.99. The summed E-state index contributed by atoms with van der Waals surface area (Å²) in [5, 5.41) is 6.16. The van der Waals surface area contributed by atoms with Crippen LogP contribution in [0.3, 0.4) is 0 Å². The quantitative estimate of drug-likeness (QED) is 0.137. The maximum atomic E-state index is 14.4. The van der Waals surface area contributed by atoms with Crippen LogP contribution in [0.15, 0.2) is 30.9 Å². The number of hydrogen-bond donors (Lipinski definition) is 3. The molecule has 3 saturated carbocycles. The van der Waals surface area contributed by atoms with E-state index in [1.54, 1.807) is 31.3 Å². The van der Waals surface area contributed by atoms with Crippen LogP contribution in [0.2, 0.25) is 0 Å². The van der Waals surface area contributed by atoms with E-state index in [0.717, 1.165) is 73.6 Å². The molecule has 5 amide bonds. The molecule has 328 valence electrons. The Kier molecular flexibility index (Phi) is 13.4. The number of nitrogens with one attached hydrogen (secondary N) is 3. The van der Waals surface area contributed by atoms with Gasteiger partial charge in [0.2, 0.25) is 27.7 Å². The molecule has 1 aromatic heterocycles. The average molecular weight is 853 g/mol. The zero-order valence-electron chi connectivity index (χ0n) is 35.0. The van der Waals surface area contributed by atoms with Gasteiger partial charge in [-0.3, -0.25) is 19.1 Å². The molecule has 3 heterocycles. The minimum absolute atomic E-state index is 0.0720. The van der Waals surface area contributed by atoms with E-state index in [1.807, 2.05) is 13.0 Å². The molecule has 3 aliphatic carbocycles. The second kappa shape index (κ2) is 18.5. The Morgan fingerprint density at radius 3 is 2.40 bits per heavy atom. The SMILES string of the molecule is C=C[C@@H]1CC1(NC(=O)[C@@H]1CCCN1C(=O)[C@@H](NC(=O)N1CC(OCCCCc2cc3c(OC)cc(OCC)nc3cc2OC)C1)C1CCCCC1)C(=O)NS(=O)(=O)C1CC1. The van der Waals surface area contributed by atoms with Gasteiger partial charge >= 0.3 is 6.03 Å². The summed E-state index contributed by atoms with van der Waals surface area (Å²) < 4.78 is 50.4. The normalized spacial score (nSPS) is 23.6. The number of likely N-dealkylation sites (tertiary alicyclic amines) is 2. The number of sulfonamides is 1. The Morgan fingerprint density at radius 1 is 0.983 bits per heavy atom. The van der Waals surface area contributed by atoms with E-state index in [9.17, 15) is 27.6 Å². The van der Waals surface area contributed by atoms with Crippen molar-refractivity contribution in [3.8, 4) is 17.4 Å². The van der Waals surface area contributed by atoms with Gasteiger partial charge in [0.05, 0.1) is 50.8 Å². The topological polar surface area (TPSA) is 195 Å². The fraction of sp³-hybridized carbons (Fsp3) is 0.651. The maximum Gasteiger partial charge on any atom is 0.318 e. The van der Waals surface area contributed by atoms with E-state index in [4.69, 9.17) is 18.9 Å². The Bertz CT molecular complexity index is 2050. The van der Waals surface area contributed by atoms with Gasteiger partial charge in [0.15, 0.2) is 0 Å². The molecule has 1 unspecified atom stereocenters. The molecular formula is C43H60N6O10S. The minimum atomic E-state index is -3.83. The molecule has 60 heavy (non-hydrogen) atoms. The first-order chi connectivity index (χ1) is 28.9. The van der Waals surface area contributed by atoms with E-state index in [2.05, 4.69) is 33.0 Å². The highest BCUT2D eigenvalue weighted by molar-refractivity contribution is 7.91. The molecule has 0 radical (unpaired) electrons. The highest BCUT2D eigenvalue weighted by Crippen LogP contribution is 2.45. The second-order valence-electron chi connectivity index (χ2n) is 16.8. The summed E-state index contributed by atoms with van der Waals surface area (Å²) in [6.45, 7) is 7.87. The van der Waals surface area contributed by atoms with Crippen LogP contribution in [0.5, 0.6) is 17.4 Å². The number of carbonyl (C=O) groups excluding carboxylic acids is 4. The van der Waals surface area contributed by atoms with Crippen LogP contribution in [0.4, 0.5) is 4.79 Å². The summed E-state index contributed by atoms with van der Waals surface area (Å²) in [7, 11) is -0.554. The highest BCUT2D eigenvalue weighted by Gasteiger charge is 2.61. The molecule has 7 rings (SSSR count). The molecule has 2 saturated heterocycles. The van der Waals surface area contributed by atoms with E-state index >= 15 is 0 Å². The van der Waals surface area contributed by atoms with Gasteiger partial charge in [-0.25, -0.2) is 18.2 Å². The fourth-order valence-corrected chi connectivity index (χ4v) is 10.3. The van der Waals surface area contributed by atoms with Crippen LogP contribution in [-0.2, 0) is 35.6 Å². The number of benzene rings is 1. The largest absolute Gasteiger partial charge is 0.496 e. The van der Waals surface area contributed by atoms with Crippen molar-refractivity contribution in [3.05, 3.63) is 36.4 Å². The number of methoxy groups -OCH3 is 2. The monoisotopic (exact) mass is 852 g/mol. The van der Waals surface area contributed by atoms with Crippen molar-refractivity contribution in [2.24, 2.45) is 11.8 Å². The van der Waals surface area contributed by atoms with Crippen LogP contribution >= 0.6 is 0 Å². The van der Waals surface area contributed by atoms with Gasteiger partial charge in [-0.1, -0.05) is 25.3 Å². The van der Waals surface area contributed by atoms with Crippen molar-refractivity contribution in [2.45, 2.75) is 119 Å². The smallest absolute Gasteiger partial charge is 0.318 e. The summed E-state index contributed by atoms with van der Waals surface area (Å²) in [5.41, 5.74) is 0.341. The number of rotatable bonds is 19. The van der Waals surface area contributed by atoms with Crippen molar-refractivity contribution in [1.29, 1.82) is 0 Å². The van der Waals surface area contributed by atoms with Gasteiger partial charge in [0.1, 0.15) is 29.1 Å². The van der Waals surface area contributed by atoms with Gasteiger partial charge in [-0.15, -0.1) is 6.58 Å². The molecule has 16 nitrogen and oxygen atoms in total. The summed E-state index contributed by atoms with van der Waals surface area (Å²) in [6.07, 6.45) is 10.6. The number of urea groups is 1. The van der Waals surface area contributed by atoms with E-state index < -0.39 is 50.6 Å². The third kappa shape index (κ3) is 9.46. The van der Waals surface area contributed by atoms with Crippen molar-refractivity contribution in [2.75, 3.05) is 47.1 Å². The van der Waals surface area contributed by atoms with Gasteiger partial charge < -0.3 is 39.4 Å². The molecule has 0 spiro atoms. The van der Waals surface area contributed by atoms with Crippen molar-refractivity contribution in [1.82, 2.24) is 30.1 Å². The number of nitrogens with zero attached hydrogens (tertiary/aromatic N) is 3. The summed E-state index contributed by atoms with van der Waals surface area (Å²) in [5.74, 6) is -0.162. The molecule has 3 N–H and O–H groups in total. The van der Waals surface area contributed by atoms with E-state index in [-0.39, 0.29) is 30.4 Å². The molecular weight excluding hydrogens is 793 g/mol. The predicted molar refractivity (Wildman–Crippen MR) is 223 cm³/mol. The van der Waals surface area contributed by atoms with Crippen molar-refractivity contribution >= 4 is 44.7 Å². The van der Waals surface area contributed by atoms with Gasteiger partial charge in [-0.2, -0.15) is 0 Å². The highest BCUT2D eigenvalue weighted by atomic mass is 32.2. The summed E-state index contributed by atoms with van der Waals surface area (Å²) >= 11 is 0. The standard InChI is InChI=1S/C43H60N6O10S/c1-5-29-24-43(29,41(52)47-60(54,55)31-17-18-31)46-39(50)34-16-12-19-49(34)40(51)38(27-13-8-7-9-14-27)45-42(53)48-25-30(26-48)59-20-11-10-15-28-21-32-33(22-35(28)56-3)44-37(58-6-2)23-36(32)57-4/h5,21-23,27,29-31,34,38H,1,6-20,24-26H2,2-4H3,(H,45,53)(H,46,50)(H,47,52)/t29-,34+,38+,43?/m1/s1. The van der Waals surface area contributed by atoms with Crippen LogP contribution < -0.4 is 29.6 Å². The van der Waals surface area contributed by atoms with E-state index in [0.29, 0.717) is 70.2 Å². The third-order valence-electron chi connectivity index (χ3n) is 12.7. The molecule has 17 heteroatoms. The number of amides is 5. The summed E-state index contributed by atoms with van der Waals surface area (Å²) in [4.78, 5) is 62.9. The molecule has 0 bridgehead atoms. The Balaban J connectivity index is 0.903. The first-order valence-electron chi connectivity index (χ1n) is 21.6. The van der Waals surface area contributed by atoms with Gasteiger partial charge in [0.25, 0.3) is 5.91 Å². The maximum absolute atomic E-state index is 14.4. The van der Waals surface area contributed by atoms with Gasteiger partial charge in [0, 0.05) is 36.6 Å². The Labute approximate surface area is 352 Å². The third-order valence-corrected chi connectivity index (χ3v) is 14.6. The van der Waals surface area contributed by atoms with Crippen LogP contribution in [0.25, 0.3) is 10.9 Å². The molecule has 2 aliphatic heterocycles. The molecule has 2 aromatic rings. The number of hydrogen-bond acceptors (Lipinski definition) is 11. The average Bonchev–Trinajstić information content (AvgIpc) is 4.16. The lowest BCUT2D eigenvalue weighted by Gasteiger charge is -2.41. The fourth-order valence-electron chi connectivity index (χ4n) is 8.97. The zero-order valence-corrected chi connectivity index (χ0v) is 35.9. The number of fused-ring (bicyclic) bond motifs is 1. The zero-order chi connectivity index (χ0) is 42.6. The van der Waals surface area contributed by atoms with E-state index in [1.165, 1.54) is 4.90 Å². The van der Waals surface area contributed by atoms with Crippen molar-refractivity contribution in [3.63, 3.8) is 0 Å². The number of unbranched alkanes of at least 4 members (excludes halogenated alkanes) is 1. The number of ether oxygens (including phenoxy) is 4. The second-order valence-corrected chi connectivity index (χ2v) is 18.8. The Hall–Kier alpha value is -4.64. The molecule has 5 fully saturated rings. The lowest BCUT2D eigenvalue weighted by molar-refractivity contribution is -0.142. The van der Waals surface area contributed by atoms with Crippen LogP contribution in [-0.4, -0.2) is 123 Å². The lowest BCUT2D eigenvalue weighted by Crippen LogP contribution is -2.63. The van der Waals surface area contributed by atoms with Crippen molar-refractivity contribution < 1.29 is 46.5 Å². The van der Waals surface area contributed by atoms with Crippen LogP contribution in [0, 0.1) is 11.8 Å². The molecule has 4 atom stereocenters. The first kappa shape index (κ1) is 43.4. The molecule has 5 aliphatic rings. The minimum Gasteiger partial charge on any atom is -0.496 e. The molecule has 1 aromatic carbocycles. The van der Waals surface area contributed by atoms with Gasteiger partial charge in [-0.05, 0) is 88.7 Å². The lowest BCUT2D eigenvalue weighted by atomic mass is 9.83. The van der Waals surface area contributed by atoms with Crippen LogP contribution in [0.1, 0.15) is 89.5 Å². The first-order valence-corrected chi connectivity index (χ1v) is 23.1. The summed E-state index contributed by atoms with van der Waals surface area (Å²) in [6, 6.07) is 3.76. The number of carbonyl (C=O) groups is 4. The number of pyridine rings is 1. The number of aryl methyl sites for hydroxylation is 1.